The van der Waals surface area contributed by atoms with E-state index in [1.165, 1.54) is 6.20 Å². The summed E-state index contributed by atoms with van der Waals surface area (Å²) >= 11 is 0. The quantitative estimate of drug-likeness (QED) is 0.679. The molecule has 0 aromatic carbocycles. The number of Topliss-reactive ketones (excluding diaryl/α,β-unsaturated/α-hetero) is 1. The van der Waals surface area contributed by atoms with E-state index in [4.69, 9.17) is 5.26 Å². The van der Waals surface area contributed by atoms with Crippen molar-refractivity contribution in [2.24, 2.45) is 7.05 Å². The van der Waals surface area contributed by atoms with E-state index in [2.05, 4.69) is 10.1 Å². The number of carbonyl (C=O) groups excluding carboxylic acids is 2. The number of allylic oxidation sites excluding steroid dienone is 1. The first-order chi connectivity index (χ1) is 14.2. The van der Waals surface area contributed by atoms with Crippen LogP contribution in [0.4, 0.5) is 8.78 Å². The third-order valence-electron chi connectivity index (χ3n) is 4.96. The molecule has 0 N–H and O–H groups in total. The lowest BCUT2D eigenvalue weighted by molar-refractivity contribution is -0.132. The molecular weight excluding hydrogens is 392 g/mol. The molecule has 1 saturated heterocycles. The summed E-state index contributed by atoms with van der Waals surface area (Å²) in [6.45, 7) is 1.06. The number of nitrogens with zero attached hydrogens (tertiary/aromatic N) is 5. The van der Waals surface area contributed by atoms with Gasteiger partial charge in [-0.15, -0.1) is 0 Å². The van der Waals surface area contributed by atoms with Gasteiger partial charge < -0.3 is 4.90 Å². The second-order valence-corrected chi connectivity index (χ2v) is 7.35. The van der Waals surface area contributed by atoms with E-state index in [0.29, 0.717) is 11.1 Å². The zero-order valence-corrected chi connectivity index (χ0v) is 16.7. The van der Waals surface area contributed by atoms with E-state index in [-0.39, 0.29) is 18.6 Å². The number of amides is 1. The fraction of sp³-hybridized carbons (Fsp3) is 0.381. The molecule has 0 aliphatic carbocycles. The Bertz CT molecular complexity index is 1040. The van der Waals surface area contributed by atoms with E-state index in [9.17, 15) is 18.4 Å². The molecule has 1 aliphatic rings. The molecule has 0 saturated carbocycles. The summed E-state index contributed by atoms with van der Waals surface area (Å²) in [5.74, 6) is -3.99. The van der Waals surface area contributed by atoms with Crippen molar-refractivity contribution in [2.75, 3.05) is 6.54 Å². The van der Waals surface area contributed by atoms with Gasteiger partial charge in [0.25, 0.3) is 5.92 Å². The van der Waals surface area contributed by atoms with Crippen molar-refractivity contribution in [3.8, 4) is 6.07 Å². The lowest BCUT2D eigenvalue weighted by atomic mass is 9.97. The molecule has 3 heterocycles. The number of halogens is 2. The standard InChI is InChI=1S/C21H21F2N5O2/c1-14(7-15-10-26-27(2)12-15)18-11-25-6-5-17(18)19(29)3-4-20(30)28-13-21(22,23)8-16(28)9-24/h5-7,10-12,16H,3-4,8,13H2,1-2H3/b14-7+/t16-/m0/s1. The monoisotopic (exact) mass is 413 g/mol. The van der Waals surface area contributed by atoms with Crippen LogP contribution in [0.1, 0.15) is 47.7 Å². The second kappa shape index (κ2) is 8.53. The Morgan fingerprint density at radius 1 is 1.33 bits per heavy atom. The van der Waals surface area contributed by atoms with Crippen molar-refractivity contribution >= 4 is 23.3 Å². The number of hydrogen-bond donors (Lipinski definition) is 0. The van der Waals surface area contributed by atoms with Crippen molar-refractivity contribution in [2.45, 2.75) is 38.2 Å². The Morgan fingerprint density at radius 3 is 2.77 bits per heavy atom. The van der Waals surface area contributed by atoms with Crippen LogP contribution in [0.3, 0.4) is 0 Å². The molecule has 9 heteroatoms. The maximum absolute atomic E-state index is 13.5. The van der Waals surface area contributed by atoms with Crippen LogP contribution in [0, 0.1) is 11.3 Å². The molecule has 3 rings (SSSR count). The molecule has 1 amide bonds. The van der Waals surface area contributed by atoms with Crippen molar-refractivity contribution < 1.29 is 18.4 Å². The summed E-state index contributed by atoms with van der Waals surface area (Å²) in [5, 5.41) is 13.1. The van der Waals surface area contributed by atoms with Gasteiger partial charge in [-0.25, -0.2) is 8.78 Å². The van der Waals surface area contributed by atoms with Gasteiger partial charge in [0, 0.05) is 61.6 Å². The number of aryl methyl sites for hydroxylation is 1. The molecule has 1 atom stereocenters. The summed E-state index contributed by atoms with van der Waals surface area (Å²) in [6, 6.07) is 2.15. The zero-order chi connectivity index (χ0) is 21.9. The Hall–Kier alpha value is -3.41. The largest absolute Gasteiger partial charge is 0.320 e. The van der Waals surface area contributed by atoms with Gasteiger partial charge in [0.2, 0.25) is 5.91 Å². The van der Waals surface area contributed by atoms with Crippen LogP contribution in [0.2, 0.25) is 0 Å². The van der Waals surface area contributed by atoms with Gasteiger partial charge in [-0.3, -0.25) is 19.3 Å². The fourth-order valence-corrected chi connectivity index (χ4v) is 3.49. The van der Waals surface area contributed by atoms with Crippen molar-refractivity contribution in [1.29, 1.82) is 5.26 Å². The van der Waals surface area contributed by atoms with E-state index in [1.54, 1.807) is 36.3 Å². The van der Waals surface area contributed by atoms with Crippen LogP contribution in [-0.2, 0) is 11.8 Å². The highest BCUT2D eigenvalue weighted by Gasteiger charge is 2.47. The Morgan fingerprint density at radius 2 is 2.10 bits per heavy atom. The summed E-state index contributed by atoms with van der Waals surface area (Å²) in [7, 11) is 1.80. The zero-order valence-electron chi connectivity index (χ0n) is 16.7. The minimum atomic E-state index is -3.08. The van der Waals surface area contributed by atoms with Gasteiger partial charge in [0.05, 0.1) is 18.8 Å². The predicted molar refractivity (Wildman–Crippen MR) is 105 cm³/mol. The Labute approximate surface area is 172 Å². The van der Waals surface area contributed by atoms with Crippen LogP contribution in [0.25, 0.3) is 11.6 Å². The molecule has 0 bridgehead atoms. The number of hydrogen-bond acceptors (Lipinski definition) is 5. The second-order valence-electron chi connectivity index (χ2n) is 7.35. The third kappa shape index (κ3) is 4.76. The topological polar surface area (TPSA) is 91.9 Å². The molecule has 0 radical (unpaired) electrons. The Kier molecular flexibility index (Phi) is 6.06. The number of aromatic nitrogens is 3. The summed E-state index contributed by atoms with van der Waals surface area (Å²) in [4.78, 5) is 30.1. The lowest BCUT2D eigenvalue weighted by Crippen LogP contribution is -2.36. The summed E-state index contributed by atoms with van der Waals surface area (Å²) in [5.41, 5.74) is 2.69. The predicted octanol–water partition coefficient (Wildman–Crippen LogP) is 3.10. The highest BCUT2D eigenvalue weighted by Crippen LogP contribution is 2.32. The molecular formula is C21H21F2N5O2. The highest BCUT2D eigenvalue weighted by atomic mass is 19.3. The number of nitriles is 1. The van der Waals surface area contributed by atoms with Crippen LogP contribution in [0.5, 0.6) is 0 Å². The van der Waals surface area contributed by atoms with Gasteiger partial charge >= 0.3 is 0 Å². The summed E-state index contributed by atoms with van der Waals surface area (Å²) in [6.07, 6.45) is 7.41. The van der Waals surface area contributed by atoms with Crippen LogP contribution in [-0.4, -0.2) is 49.9 Å². The average molecular weight is 413 g/mol. The molecule has 2 aromatic rings. The average Bonchev–Trinajstić information content (AvgIpc) is 3.27. The van der Waals surface area contributed by atoms with Gasteiger partial charge in [-0.2, -0.15) is 10.4 Å². The van der Waals surface area contributed by atoms with Gasteiger partial charge in [0.15, 0.2) is 5.78 Å². The maximum Gasteiger partial charge on any atom is 0.268 e. The molecule has 2 aromatic heterocycles. The van der Waals surface area contributed by atoms with Crippen molar-refractivity contribution in [3.05, 3.63) is 47.5 Å². The van der Waals surface area contributed by atoms with Crippen LogP contribution < -0.4 is 0 Å². The molecule has 7 nitrogen and oxygen atoms in total. The van der Waals surface area contributed by atoms with E-state index in [1.807, 2.05) is 19.2 Å². The third-order valence-corrected chi connectivity index (χ3v) is 4.96. The van der Waals surface area contributed by atoms with Crippen molar-refractivity contribution in [1.82, 2.24) is 19.7 Å². The van der Waals surface area contributed by atoms with Crippen LogP contribution >= 0.6 is 0 Å². The fourth-order valence-electron chi connectivity index (χ4n) is 3.49. The van der Waals surface area contributed by atoms with E-state index in [0.717, 1.165) is 16.0 Å². The first kappa shape index (κ1) is 21.3. The normalized spacial score (nSPS) is 18.3. The number of carbonyl (C=O) groups is 2. The highest BCUT2D eigenvalue weighted by molar-refractivity contribution is 6.03. The smallest absolute Gasteiger partial charge is 0.268 e. The number of likely N-dealkylation sites (tertiary alicyclic amines) is 1. The molecule has 30 heavy (non-hydrogen) atoms. The SMILES string of the molecule is C/C(=C\c1cnn(C)c1)c1cnccc1C(=O)CCC(=O)N1CC(F)(F)C[C@H]1C#N. The number of rotatable bonds is 6. The van der Waals surface area contributed by atoms with Gasteiger partial charge in [-0.05, 0) is 24.6 Å². The van der Waals surface area contributed by atoms with Crippen molar-refractivity contribution in [3.63, 3.8) is 0 Å². The van der Waals surface area contributed by atoms with E-state index >= 15 is 0 Å². The van der Waals surface area contributed by atoms with Gasteiger partial charge in [0.1, 0.15) is 6.04 Å². The lowest BCUT2D eigenvalue weighted by Gasteiger charge is -2.19. The maximum atomic E-state index is 13.5. The van der Waals surface area contributed by atoms with Crippen LogP contribution in [0.15, 0.2) is 30.9 Å². The minimum Gasteiger partial charge on any atom is -0.320 e. The number of ketones is 1. The molecule has 156 valence electrons. The molecule has 0 spiro atoms. The molecule has 1 aliphatic heterocycles. The molecule has 0 unspecified atom stereocenters. The molecule has 1 fully saturated rings. The number of pyridine rings is 1. The number of alkyl halides is 2. The van der Waals surface area contributed by atoms with Gasteiger partial charge in [-0.1, -0.05) is 0 Å². The summed E-state index contributed by atoms with van der Waals surface area (Å²) < 4.78 is 28.8. The first-order valence-electron chi connectivity index (χ1n) is 9.41. The minimum absolute atomic E-state index is 0.143. The first-order valence-corrected chi connectivity index (χ1v) is 9.41. The Balaban J connectivity index is 1.71. The van der Waals surface area contributed by atoms with E-state index < -0.39 is 30.8 Å².